The Morgan fingerprint density at radius 2 is 1.95 bits per heavy atom. The smallest absolute Gasteiger partial charge is 0.382 e. The Bertz CT molecular complexity index is 364. The number of nitrogens with one attached hydrogen (secondary N) is 2. The van der Waals surface area contributed by atoms with Crippen LogP contribution in [0.5, 0.6) is 0 Å². The topological polar surface area (TPSA) is 123 Å². The maximum atomic E-state index is 11.6. The van der Waals surface area contributed by atoms with Crippen LogP contribution in [0.2, 0.25) is 0 Å². The van der Waals surface area contributed by atoms with Gasteiger partial charge < -0.3 is 20.3 Å². The molecule has 0 heterocycles. The minimum Gasteiger partial charge on any atom is -0.382 e. The third kappa shape index (κ3) is 9.88. The van der Waals surface area contributed by atoms with Gasteiger partial charge in [-0.1, -0.05) is 0 Å². The van der Waals surface area contributed by atoms with E-state index in [0.29, 0.717) is 0 Å². The van der Waals surface area contributed by atoms with Crippen molar-refractivity contribution < 1.29 is 32.8 Å². The summed E-state index contributed by atoms with van der Waals surface area (Å²) in [5.41, 5.74) is 0. The second-order valence-electron chi connectivity index (χ2n) is 3.90. The summed E-state index contributed by atoms with van der Waals surface area (Å²) in [7, 11) is -1.63. The number of ether oxygens (including phenoxy) is 1. The van der Waals surface area contributed by atoms with Crippen molar-refractivity contribution in [2.24, 2.45) is 0 Å². The molecule has 0 aliphatic carbocycles. The first-order valence-electron chi connectivity index (χ1n) is 5.86. The first-order valence-corrected chi connectivity index (χ1v) is 7.36. The summed E-state index contributed by atoms with van der Waals surface area (Å²) < 4.78 is 24.9. The van der Waals surface area contributed by atoms with Gasteiger partial charge in [0.25, 0.3) is 0 Å². The van der Waals surface area contributed by atoms with Crippen molar-refractivity contribution in [2.45, 2.75) is 19.4 Å². The third-order valence-corrected chi connectivity index (χ3v) is 3.07. The van der Waals surface area contributed by atoms with Crippen molar-refractivity contribution in [2.75, 3.05) is 34.0 Å². The van der Waals surface area contributed by atoms with Crippen LogP contribution < -0.4 is 10.6 Å². The largest absolute Gasteiger partial charge is 0.471 e. The molecule has 2 amide bonds. The van der Waals surface area contributed by atoms with Gasteiger partial charge in [0.1, 0.15) is 0 Å². The fourth-order valence-electron chi connectivity index (χ4n) is 1.22. The van der Waals surface area contributed by atoms with Gasteiger partial charge in [0, 0.05) is 34.1 Å². The number of rotatable bonds is 10. The Morgan fingerprint density at radius 3 is 2.45 bits per heavy atom. The molecular formula is C10H21N2O7P. The van der Waals surface area contributed by atoms with E-state index in [-0.39, 0.29) is 38.0 Å². The molecule has 0 aromatic carbocycles. The molecule has 0 spiro atoms. The van der Waals surface area contributed by atoms with Crippen LogP contribution in [0.25, 0.3) is 0 Å². The molecule has 0 rings (SSSR count). The Hall–Kier alpha value is -0.990. The lowest BCUT2D eigenvalue weighted by Gasteiger charge is -2.19. The van der Waals surface area contributed by atoms with Crippen molar-refractivity contribution in [1.82, 2.24) is 10.6 Å². The van der Waals surface area contributed by atoms with Gasteiger partial charge in [0.05, 0.1) is 19.3 Å². The van der Waals surface area contributed by atoms with Gasteiger partial charge in [-0.2, -0.15) is 0 Å². The molecule has 118 valence electrons. The summed E-state index contributed by atoms with van der Waals surface area (Å²) in [6, 6.07) is -0.597. The van der Waals surface area contributed by atoms with Gasteiger partial charge in [-0.25, -0.2) is 4.57 Å². The highest BCUT2D eigenvalue weighted by Gasteiger charge is 2.22. The normalized spacial score (nSPS) is 15.2. The van der Waals surface area contributed by atoms with Crippen molar-refractivity contribution >= 4 is 19.6 Å². The number of phosphoric ester groups is 1. The molecule has 3 N–H and O–H groups in total. The highest BCUT2D eigenvalue weighted by molar-refractivity contribution is 7.47. The average molecular weight is 312 g/mol. The Labute approximate surface area is 117 Å². The Kier molecular flexibility index (Phi) is 9.35. The zero-order chi connectivity index (χ0) is 15.6. The number of hydrogen-bond donors (Lipinski definition) is 3. The lowest BCUT2D eigenvalue weighted by atomic mass is 10.3. The molecule has 0 aliphatic rings. The minimum absolute atomic E-state index is 0.0842. The molecule has 0 aromatic rings. The quantitative estimate of drug-likeness (QED) is 0.460. The summed E-state index contributed by atoms with van der Waals surface area (Å²) >= 11 is 0. The number of amides is 2. The van der Waals surface area contributed by atoms with Crippen molar-refractivity contribution in [3.8, 4) is 0 Å². The number of hydrogen-bond acceptors (Lipinski definition) is 6. The second kappa shape index (κ2) is 9.84. The molecular weight excluding hydrogens is 291 g/mol. The maximum Gasteiger partial charge on any atom is 0.471 e. The van der Waals surface area contributed by atoms with E-state index in [1.807, 2.05) is 0 Å². The summed E-state index contributed by atoms with van der Waals surface area (Å²) in [6.07, 6.45) is 0.0842. The number of carbonyl (C=O) groups is 2. The van der Waals surface area contributed by atoms with Gasteiger partial charge in [0.15, 0.2) is 0 Å². The molecule has 0 bridgehead atoms. The van der Waals surface area contributed by atoms with E-state index in [2.05, 4.69) is 19.7 Å². The molecule has 0 saturated carbocycles. The standard InChI is InChI=1S/C10H21N2O7P/c1-8(13)11-5-4-10(14)12-9(6-17-2)7-19-20(15,16)18-3/h9H,4-7H2,1-3H3,(H,11,13)(H,12,14)(H,15,16). The summed E-state index contributed by atoms with van der Waals surface area (Å²) in [6.45, 7) is 1.43. The van der Waals surface area contributed by atoms with Gasteiger partial charge in [-0.05, 0) is 0 Å². The van der Waals surface area contributed by atoms with Crippen molar-refractivity contribution in [3.05, 3.63) is 0 Å². The Morgan fingerprint density at radius 1 is 1.30 bits per heavy atom. The lowest BCUT2D eigenvalue weighted by molar-refractivity contribution is -0.122. The van der Waals surface area contributed by atoms with Gasteiger partial charge >= 0.3 is 7.82 Å². The van der Waals surface area contributed by atoms with E-state index >= 15 is 0 Å². The molecule has 10 heteroatoms. The predicted octanol–water partition coefficient (Wildman–Crippen LogP) is -0.593. The molecule has 0 saturated heterocycles. The molecule has 0 aromatic heterocycles. The van der Waals surface area contributed by atoms with Crippen LogP contribution in [0.4, 0.5) is 0 Å². The number of phosphoric acid groups is 1. The van der Waals surface area contributed by atoms with Gasteiger partial charge in [-0.15, -0.1) is 0 Å². The van der Waals surface area contributed by atoms with Crippen LogP contribution in [-0.2, 0) is 27.9 Å². The number of methoxy groups -OCH3 is 1. The van der Waals surface area contributed by atoms with E-state index in [1.165, 1.54) is 14.0 Å². The third-order valence-electron chi connectivity index (χ3n) is 2.13. The molecule has 2 atom stereocenters. The first-order chi connectivity index (χ1) is 9.30. The minimum atomic E-state index is -4.09. The maximum absolute atomic E-state index is 11.6. The van der Waals surface area contributed by atoms with E-state index in [4.69, 9.17) is 9.63 Å². The molecule has 2 unspecified atom stereocenters. The molecule has 20 heavy (non-hydrogen) atoms. The lowest BCUT2D eigenvalue weighted by Crippen LogP contribution is -2.42. The fraction of sp³-hybridized carbons (Fsp3) is 0.800. The molecule has 0 radical (unpaired) electrons. The molecule has 9 nitrogen and oxygen atoms in total. The highest BCUT2D eigenvalue weighted by Crippen LogP contribution is 2.41. The molecule has 0 aliphatic heterocycles. The van der Waals surface area contributed by atoms with E-state index < -0.39 is 13.9 Å². The fourth-order valence-corrected chi connectivity index (χ4v) is 1.70. The van der Waals surface area contributed by atoms with Gasteiger partial charge in [0.2, 0.25) is 11.8 Å². The van der Waals surface area contributed by atoms with Crippen LogP contribution in [-0.4, -0.2) is 56.7 Å². The van der Waals surface area contributed by atoms with Crippen LogP contribution in [0.3, 0.4) is 0 Å². The zero-order valence-corrected chi connectivity index (χ0v) is 12.6. The first kappa shape index (κ1) is 19.0. The summed E-state index contributed by atoms with van der Waals surface area (Å²) in [5.74, 6) is -0.564. The van der Waals surface area contributed by atoms with E-state index in [9.17, 15) is 14.2 Å². The monoisotopic (exact) mass is 312 g/mol. The SMILES string of the molecule is COCC(COP(=O)(O)OC)NC(=O)CCNC(C)=O. The number of carbonyl (C=O) groups excluding carboxylic acids is 2. The van der Waals surface area contributed by atoms with Gasteiger partial charge in [-0.3, -0.25) is 18.6 Å². The van der Waals surface area contributed by atoms with Crippen molar-refractivity contribution in [1.29, 1.82) is 0 Å². The zero-order valence-electron chi connectivity index (χ0n) is 11.7. The van der Waals surface area contributed by atoms with Crippen LogP contribution in [0, 0.1) is 0 Å². The average Bonchev–Trinajstić information content (AvgIpc) is 2.36. The van der Waals surface area contributed by atoms with E-state index in [1.54, 1.807) is 0 Å². The van der Waals surface area contributed by atoms with Crippen LogP contribution >= 0.6 is 7.82 Å². The van der Waals surface area contributed by atoms with Crippen LogP contribution in [0.15, 0.2) is 0 Å². The second-order valence-corrected chi connectivity index (χ2v) is 5.46. The highest BCUT2D eigenvalue weighted by atomic mass is 31.2. The Balaban J connectivity index is 4.15. The van der Waals surface area contributed by atoms with E-state index in [0.717, 1.165) is 7.11 Å². The predicted molar refractivity (Wildman–Crippen MR) is 69.9 cm³/mol. The van der Waals surface area contributed by atoms with Crippen molar-refractivity contribution in [3.63, 3.8) is 0 Å². The molecule has 0 fully saturated rings. The summed E-state index contributed by atoms with van der Waals surface area (Å²) in [4.78, 5) is 31.3. The van der Waals surface area contributed by atoms with Crippen LogP contribution in [0.1, 0.15) is 13.3 Å². The summed E-state index contributed by atoms with van der Waals surface area (Å²) in [5, 5.41) is 5.04.